The molecule has 0 fully saturated rings. The van der Waals surface area contributed by atoms with E-state index in [-0.39, 0.29) is 24.5 Å². The fraction of sp³-hybridized carbons (Fsp3) is 0.308. The molecule has 0 aliphatic carbocycles. The van der Waals surface area contributed by atoms with Gasteiger partial charge in [-0.3, -0.25) is 14.6 Å². The summed E-state index contributed by atoms with van der Waals surface area (Å²) in [6.07, 6.45) is 3.11. The number of rotatable bonds is 4. The zero-order valence-electron chi connectivity index (χ0n) is 10.4. The van der Waals surface area contributed by atoms with Gasteiger partial charge in [-0.25, -0.2) is 0 Å². The van der Waals surface area contributed by atoms with Crippen LogP contribution in [0.3, 0.4) is 0 Å². The van der Waals surface area contributed by atoms with Crippen LogP contribution in [0.4, 0.5) is 0 Å². The van der Waals surface area contributed by atoms with Gasteiger partial charge in [0, 0.05) is 18.9 Å². The van der Waals surface area contributed by atoms with Crippen molar-refractivity contribution in [1.29, 1.82) is 0 Å². The van der Waals surface area contributed by atoms with Crippen molar-refractivity contribution in [1.82, 2.24) is 9.88 Å². The molecule has 0 bridgehead atoms. The normalized spacial score (nSPS) is 19.2. The Kier molecular flexibility index (Phi) is 3.62. The molecular weight excluding hydrogens is 248 g/mol. The number of aromatic nitrogens is 1. The second kappa shape index (κ2) is 5.19. The van der Waals surface area contributed by atoms with Gasteiger partial charge in [0.25, 0.3) is 5.91 Å². The molecule has 6 nitrogen and oxygen atoms in total. The lowest BCUT2D eigenvalue weighted by molar-refractivity contribution is -0.129. The molecule has 0 radical (unpaired) electrons. The SMILES string of the molecule is CC(=O)C1=C(O)C(=O)N(CCO)[C@@H]1c1cccnc1. The number of amides is 1. The molecule has 1 aliphatic rings. The van der Waals surface area contributed by atoms with Gasteiger partial charge < -0.3 is 15.1 Å². The summed E-state index contributed by atoms with van der Waals surface area (Å²) < 4.78 is 0. The molecule has 1 aliphatic heterocycles. The van der Waals surface area contributed by atoms with Crippen molar-refractivity contribution < 1.29 is 19.8 Å². The number of β-amino-alcohol motifs (C(OH)–C–C–N with tert-alkyl or cyclic N) is 1. The van der Waals surface area contributed by atoms with Gasteiger partial charge in [0.1, 0.15) is 0 Å². The Hall–Kier alpha value is -2.21. The molecule has 0 aromatic carbocycles. The Morgan fingerprint density at radius 1 is 1.53 bits per heavy atom. The van der Waals surface area contributed by atoms with E-state index in [4.69, 9.17) is 5.11 Å². The van der Waals surface area contributed by atoms with E-state index < -0.39 is 17.7 Å². The van der Waals surface area contributed by atoms with Crippen LogP contribution in [0.5, 0.6) is 0 Å². The molecule has 2 heterocycles. The quantitative estimate of drug-likeness (QED) is 0.817. The number of pyridine rings is 1. The molecule has 0 saturated heterocycles. The van der Waals surface area contributed by atoms with Crippen LogP contribution in [0.2, 0.25) is 0 Å². The van der Waals surface area contributed by atoms with Gasteiger partial charge in [-0.1, -0.05) is 6.07 Å². The van der Waals surface area contributed by atoms with E-state index in [9.17, 15) is 14.7 Å². The maximum Gasteiger partial charge on any atom is 0.290 e. The minimum Gasteiger partial charge on any atom is -0.503 e. The van der Waals surface area contributed by atoms with Crippen molar-refractivity contribution >= 4 is 11.7 Å². The predicted molar refractivity (Wildman–Crippen MR) is 66.1 cm³/mol. The van der Waals surface area contributed by atoms with E-state index in [1.807, 2.05) is 0 Å². The maximum atomic E-state index is 11.9. The predicted octanol–water partition coefficient (Wildman–Crippen LogP) is 0.358. The highest BCUT2D eigenvalue weighted by atomic mass is 16.3. The Bertz CT molecular complexity index is 539. The third-order valence-corrected chi connectivity index (χ3v) is 3.02. The number of ketones is 1. The van der Waals surface area contributed by atoms with Crippen LogP contribution in [0, 0.1) is 0 Å². The number of nitrogens with zero attached hydrogens (tertiary/aromatic N) is 2. The Balaban J connectivity index is 2.51. The molecule has 2 rings (SSSR count). The largest absolute Gasteiger partial charge is 0.503 e. The first-order valence-corrected chi connectivity index (χ1v) is 5.83. The van der Waals surface area contributed by atoms with Crippen LogP contribution in [0.25, 0.3) is 0 Å². The number of carbonyl (C=O) groups is 2. The number of hydrogen-bond acceptors (Lipinski definition) is 5. The maximum absolute atomic E-state index is 11.9. The first-order chi connectivity index (χ1) is 9.07. The van der Waals surface area contributed by atoms with E-state index >= 15 is 0 Å². The minimum atomic E-state index is -0.689. The van der Waals surface area contributed by atoms with Gasteiger partial charge in [-0.15, -0.1) is 0 Å². The highest BCUT2D eigenvalue weighted by Gasteiger charge is 2.41. The summed E-state index contributed by atoms with van der Waals surface area (Å²) in [6, 6.07) is 2.71. The van der Waals surface area contributed by atoms with Crippen LogP contribution in [-0.4, -0.2) is 44.9 Å². The fourth-order valence-corrected chi connectivity index (χ4v) is 2.24. The van der Waals surface area contributed by atoms with Crippen molar-refractivity contribution in [2.45, 2.75) is 13.0 Å². The second-order valence-corrected chi connectivity index (χ2v) is 4.23. The second-order valence-electron chi connectivity index (χ2n) is 4.23. The number of carbonyl (C=O) groups excluding carboxylic acids is 2. The van der Waals surface area contributed by atoms with Crippen molar-refractivity contribution in [3.05, 3.63) is 41.4 Å². The molecule has 6 heteroatoms. The summed E-state index contributed by atoms with van der Waals surface area (Å²) in [4.78, 5) is 28.8. The summed E-state index contributed by atoms with van der Waals surface area (Å²) in [5.74, 6) is -1.57. The zero-order chi connectivity index (χ0) is 14.0. The van der Waals surface area contributed by atoms with Crippen LogP contribution < -0.4 is 0 Å². The smallest absolute Gasteiger partial charge is 0.290 e. The molecule has 1 aromatic rings. The van der Waals surface area contributed by atoms with Crippen LogP contribution in [-0.2, 0) is 9.59 Å². The van der Waals surface area contributed by atoms with Crippen molar-refractivity contribution in [2.75, 3.05) is 13.2 Å². The number of aliphatic hydroxyl groups excluding tert-OH is 2. The third kappa shape index (κ3) is 2.22. The summed E-state index contributed by atoms with van der Waals surface area (Å²) in [6.45, 7) is 1.09. The van der Waals surface area contributed by atoms with Gasteiger partial charge in [-0.2, -0.15) is 0 Å². The highest BCUT2D eigenvalue weighted by Crippen LogP contribution is 2.36. The van der Waals surface area contributed by atoms with Gasteiger partial charge in [0.05, 0.1) is 18.2 Å². The Morgan fingerprint density at radius 3 is 2.79 bits per heavy atom. The summed E-state index contributed by atoms with van der Waals surface area (Å²) in [5, 5.41) is 18.8. The topological polar surface area (TPSA) is 90.7 Å². The minimum absolute atomic E-state index is 0.0409. The highest BCUT2D eigenvalue weighted by molar-refractivity contribution is 6.08. The summed E-state index contributed by atoms with van der Waals surface area (Å²) in [7, 11) is 0. The molecule has 1 aromatic heterocycles. The van der Waals surface area contributed by atoms with E-state index in [1.165, 1.54) is 18.0 Å². The molecule has 100 valence electrons. The Morgan fingerprint density at radius 2 is 2.26 bits per heavy atom. The average Bonchev–Trinajstić information content (AvgIpc) is 2.65. The van der Waals surface area contributed by atoms with Crippen molar-refractivity contribution in [3.8, 4) is 0 Å². The van der Waals surface area contributed by atoms with Crippen molar-refractivity contribution in [2.24, 2.45) is 0 Å². The molecule has 1 atom stereocenters. The molecule has 19 heavy (non-hydrogen) atoms. The number of aliphatic hydroxyl groups is 2. The molecule has 2 N–H and O–H groups in total. The van der Waals surface area contributed by atoms with Gasteiger partial charge in [0.2, 0.25) is 0 Å². The molecule has 0 saturated carbocycles. The molecule has 0 unspecified atom stereocenters. The van der Waals surface area contributed by atoms with Crippen LogP contribution >= 0.6 is 0 Å². The van der Waals surface area contributed by atoms with E-state index in [2.05, 4.69) is 4.98 Å². The lowest BCUT2D eigenvalue weighted by atomic mass is 9.98. The van der Waals surface area contributed by atoms with Crippen LogP contribution in [0.15, 0.2) is 35.9 Å². The lowest BCUT2D eigenvalue weighted by Gasteiger charge is -2.25. The van der Waals surface area contributed by atoms with E-state index in [0.717, 1.165) is 0 Å². The summed E-state index contributed by atoms with van der Waals surface area (Å²) >= 11 is 0. The molecular formula is C13H14N2O4. The van der Waals surface area contributed by atoms with E-state index in [0.29, 0.717) is 5.56 Å². The van der Waals surface area contributed by atoms with Gasteiger partial charge in [-0.05, 0) is 18.6 Å². The number of Topliss-reactive ketones (excluding diaryl/α,β-unsaturated/α-hetero) is 1. The first-order valence-electron chi connectivity index (χ1n) is 5.83. The van der Waals surface area contributed by atoms with Gasteiger partial charge in [0.15, 0.2) is 11.5 Å². The van der Waals surface area contributed by atoms with E-state index in [1.54, 1.807) is 18.3 Å². The first kappa shape index (κ1) is 13.2. The lowest BCUT2D eigenvalue weighted by Crippen LogP contribution is -2.33. The van der Waals surface area contributed by atoms with Crippen LogP contribution in [0.1, 0.15) is 18.5 Å². The number of hydrogen-bond donors (Lipinski definition) is 2. The average molecular weight is 262 g/mol. The summed E-state index contributed by atoms with van der Waals surface area (Å²) in [5.41, 5.74) is 0.671. The van der Waals surface area contributed by atoms with Gasteiger partial charge >= 0.3 is 0 Å². The monoisotopic (exact) mass is 262 g/mol. The Labute approximate surface area is 110 Å². The molecule has 0 spiro atoms. The third-order valence-electron chi connectivity index (χ3n) is 3.02. The van der Waals surface area contributed by atoms with Crippen molar-refractivity contribution in [3.63, 3.8) is 0 Å². The standard InChI is InChI=1S/C13H14N2O4/c1-8(17)10-11(9-3-2-4-14-7-9)15(5-6-16)13(19)12(10)18/h2-4,7,11,16,18H,5-6H2,1H3/t11-/m1/s1. The molecule has 1 amide bonds. The fourth-order valence-electron chi connectivity index (χ4n) is 2.24. The zero-order valence-corrected chi connectivity index (χ0v) is 10.4.